The van der Waals surface area contributed by atoms with Crippen molar-refractivity contribution < 1.29 is 19.4 Å². The van der Waals surface area contributed by atoms with E-state index in [1.165, 1.54) is 0 Å². The van der Waals surface area contributed by atoms with Gasteiger partial charge in [0, 0.05) is 11.8 Å². The van der Waals surface area contributed by atoms with Gasteiger partial charge in [-0.25, -0.2) is 9.31 Å². The minimum atomic E-state index is -1.02. The van der Waals surface area contributed by atoms with Crippen molar-refractivity contribution in [1.82, 2.24) is 14.9 Å². The van der Waals surface area contributed by atoms with Crippen molar-refractivity contribution in [2.75, 3.05) is 0 Å². The Morgan fingerprint density at radius 1 is 1.41 bits per heavy atom. The van der Waals surface area contributed by atoms with Crippen LogP contribution < -0.4 is 5.32 Å². The molecule has 2 aromatic heterocycles. The normalized spacial score (nSPS) is 12.9. The second-order valence-electron chi connectivity index (χ2n) is 5.93. The van der Waals surface area contributed by atoms with Gasteiger partial charge in [0.25, 0.3) is 0 Å². The van der Waals surface area contributed by atoms with Crippen molar-refractivity contribution in [3.63, 3.8) is 0 Å². The van der Waals surface area contributed by atoms with E-state index in [-0.39, 0.29) is 6.42 Å². The number of nitrogens with zero attached hydrogens (tertiary/aromatic N) is 2. The number of carbonyl (C=O) groups is 2. The van der Waals surface area contributed by atoms with E-state index in [0.717, 1.165) is 5.52 Å². The lowest BCUT2D eigenvalue weighted by atomic mass is 10.1. The third-order valence-corrected chi connectivity index (χ3v) is 2.90. The number of aromatic nitrogens is 2. The summed E-state index contributed by atoms with van der Waals surface area (Å²) in [7, 11) is 0. The number of alkyl carbamates (subject to hydrolysis) is 1. The molecule has 2 N–H and O–H groups in total. The molecule has 22 heavy (non-hydrogen) atoms. The summed E-state index contributed by atoms with van der Waals surface area (Å²) in [5.41, 5.74) is 0.720. The fourth-order valence-electron chi connectivity index (χ4n) is 2.09. The molecule has 0 fully saturated rings. The predicted octanol–water partition coefficient (Wildman–Crippen LogP) is 2.37. The van der Waals surface area contributed by atoms with Crippen molar-refractivity contribution in [1.29, 1.82) is 0 Å². The molecule has 118 valence electrons. The van der Waals surface area contributed by atoms with Crippen LogP contribution in [0.1, 0.15) is 38.8 Å². The number of carboxylic acids is 1. The van der Waals surface area contributed by atoms with Gasteiger partial charge < -0.3 is 15.2 Å². The third-order valence-electron chi connectivity index (χ3n) is 2.90. The molecule has 7 nitrogen and oxygen atoms in total. The Bertz CT molecular complexity index is 687. The molecule has 0 aliphatic heterocycles. The highest BCUT2D eigenvalue weighted by atomic mass is 16.6. The molecule has 1 atom stereocenters. The van der Waals surface area contributed by atoms with Crippen LogP contribution in [0.4, 0.5) is 4.79 Å². The average Bonchev–Trinajstić information content (AvgIpc) is 2.78. The molecule has 0 aromatic carbocycles. The Hall–Kier alpha value is -2.57. The quantitative estimate of drug-likeness (QED) is 0.904. The lowest BCUT2D eigenvalue weighted by molar-refractivity contribution is -0.137. The molecule has 0 aliphatic carbocycles. The summed E-state index contributed by atoms with van der Waals surface area (Å²) >= 11 is 0. The molecule has 0 saturated carbocycles. The van der Waals surface area contributed by atoms with E-state index in [4.69, 9.17) is 9.84 Å². The summed E-state index contributed by atoms with van der Waals surface area (Å²) in [5.74, 6) is -1.02. The van der Waals surface area contributed by atoms with Crippen LogP contribution in [0.15, 0.2) is 30.6 Å². The SMILES string of the molecule is CC(C)(C)OC(=O)N[C@H](CC(=O)O)c1cnn2ccccc12. The summed E-state index contributed by atoms with van der Waals surface area (Å²) in [4.78, 5) is 23.0. The van der Waals surface area contributed by atoms with Crippen LogP contribution in [0.5, 0.6) is 0 Å². The van der Waals surface area contributed by atoms with Crippen molar-refractivity contribution in [2.45, 2.75) is 38.8 Å². The monoisotopic (exact) mass is 305 g/mol. The van der Waals surface area contributed by atoms with Crippen molar-refractivity contribution >= 4 is 17.6 Å². The number of carboxylic acid groups (broad SMARTS) is 1. The molecular formula is C15H19N3O4. The van der Waals surface area contributed by atoms with Crippen molar-refractivity contribution in [3.8, 4) is 0 Å². The summed E-state index contributed by atoms with van der Waals surface area (Å²) in [6.07, 6.45) is 2.40. The molecule has 1 amide bonds. The molecule has 0 aliphatic rings. The largest absolute Gasteiger partial charge is 0.481 e. The van der Waals surface area contributed by atoms with Gasteiger partial charge in [-0.15, -0.1) is 0 Å². The highest BCUT2D eigenvalue weighted by molar-refractivity contribution is 5.73. The Balaban J connectivity index is 2.26. The molecule has 0 spiro atoms. The number of hydrogen-bond donors (Lipinski definition) is 2. The molecule has 0 bridgehead atoms. The van der Waals surface area contributed by atoms with Gasteiger partial charge in [-0.1, -0.05) is 6.07 Å². The highest BCUT2D eigenvalue weighted by Crippen LogP contribution is 2.22. The number of amides is 1. The number of fused-ring (bicyclic) bond motifs is 1. The molecule has 0 radical (unpaired) electrons. The first-order valence-electron chi connectivity index (χ1n) is 6.90. The van der Waals surface area contributed by atoms with E-state index in [0.29, 0.717) is 5.56 Å². The van der Waals surface area contributed by atoms with Crippen molar-refractivity contribution in [3.05, 3.63) is 36.2 Å². The Kier molecular flexibility index (Phi) is 4.35. The van der Waals surface area contributed by atoms with Crippen LogP contribution in [0.25, 0.3) is 5.52 Å². The van der Waals surface area contributed by atoms with Gasteiger partial charge in [-0.3, -0.25) is 4.79 Å². The number of rotatable bonds is 4. The van der Waals surface area contributed by atoms with E-state index >= 15 is 0 Å². The van der Waals surface area contributed by atoms with Crippen LogP contribution in [0, 0.1) is 0 Å². The molecule has 0 unspecified atom stereocenters. The number of carbonyl (C=O) groups excluding carboxylic acids is 1. The molecule has 0 saturated heterocycles. The fourth-order valence-corrected chi connectivity index (χ4v) is 2.09. The Morgan fingerprint density at radius 2 is 2.14 bits per heavy atom. The van der Waals surface area contributed by atoms with Crippen molar-refractivity contribution in [2.24, 2.45) is 0 Å². The van der Waals surface area contributed by atoms with E-state index in [1.54, 1.807) is 37.7 Å². The molecule has 2 heterocycles. The number of aliphatic carboxylic acids is 1. The second-order valence-corrected chi connectivity index (χ2v) is 5.93. The van der Waals surface area contributed by atoms with Gasteiger partial charge in [0.05, 0.1) is 24.2 Å². The smallest absolute Gasteiger partial charge is 0.408 e. The van der Waals surface area contributed by atoms with Crippen LogP contribution in [0.2, 0.25) is 0 Å². The van der Waals surface area contributed by atoms with Crippen LogP contribution in [-0.2, 0) is 9.53 Å². The molecule has 7 heteroatoms. The minimum Gasteiger partial charge on any atom is -0.481 e. The average molecular weight is 305 g/mol. The highest BCUT2D eigenvalue weighted by Gasteiger charge is 2.24. The maximum absolute atomic E-state index is 11.9. The number of pyridine rings is 1. The first-order valence-corrected chi connectivity index (χ1v) is 6.90. The topological polar surface area (TPSA) is 92.9 Å². The number of ether oxygens (including phenoxy) is 1. The van der Waals surface area contributed by atoms with E-state index in [1.807, 2.05) is 18.2 Å². The number of nitrogens with one attached hydrogen (secondary N) is 1. The van der Waals surface area contributed by atoms with Gasteiger partial charge in [0.15, 0.2) is 0 Å². The maximum Gasteiger partial charge on any atom is 0.408 e. The zero-order chi connectivity index (χ0) is 16.3. The lowest BCUT2D eigenvalue weighted by Crippen LogP contribution is -2.35. The number of hydrogen-bond acceptors (Lipinski definition) is 4. The van der Waals surface area contributed by atoms with Crippen LogP contribution >= 0.6 is 0 Å². The molecule has 2 aromatic rings. The summed E-state index contributed by atoms with van der Waals surface area (Å²) in [6.45, 7) is 5.23. The maximum atomic E-state index is 11.9. The zero-order valence-corrected chi connectivity index (χ0v) is 12.7. The van der Waals surface area contributed by atoms with Gasteiger partial charge in [-0.05, 0) is 32.9 Å². The molecule has 2 rings (SSSR count). The summed E-state index contributed by atoms with van der Waals surface area (Å²) < 4.78 is 6.82. The summed E-state index contributed by atoms with van der Waals surface area (Å²) in [6, 6.07) is 4.74. The van der Waals surface area contributed by atoms with Crippen LogP contribution in [0.3, 0.4) is 0 Å². The first-order chi connectivity index (χ1) is 10.3. The van der Waals surface area contributed by atoms with E-state index in [2.05, 4.69) is 10.4 Å². The minimum absolute atomic E-state index is 0.254. The lowest BCUT2D eigenvalue weighted by Gasteiger charge is -2.22. The Morgan fingerprint density at radius 3 is 2.77 bits per heavy atom. The predicted molar refractivity (Wildman–Crippen MR) is 79.6 cm³/mol. The van der Waals surface area contributed by atoms with Crippen LogP contribution in [-0.4, -0.2) is 32.4 Å². The third kappa shape index (κ3) is 3.97. The molecular weight excluding hydrogens is 286 g/mol. The standard InChI is InChI=1S/C15H19N3O4/c1-15(2,3)22-14(21)17-11(8-13(19)20)10-9-16-18-7-5-4-6-12(10)18/h4-7,9,11H,8H2,1-3H3,(H,17,21)(H,19,20)/t11-/m1/s1. The van der Waals surface area contributed by atoms with Gasteiger partial charge in [-0.2, -0.15) is 5.10 Å². The summed E-state index contributed by atoms with van der Waals surface area (Å²) in [5, 5.41) is 15.8. The fraction of sp³-hybridized carbons (Fsp3) is 0.400. The van der Waals surface area contributed by atoms with Gasteiger partial charge >= 0.3 is 12.1 Å². The van der Waals surface area contributed by atoms with E-state index in [9.17, 15) is 9.59 Å². The van der Waals surface area contributed by atoms with Gasteiger partial charge in [0.1, 0.15) is 5.60 Å². The first kappa shape index (κ1) is 15.8. The zero-order valence-electron chi connectivity index (χ0n) is 12.7. The Labute approximate surface area is 127 Å². The van der Waals surface area contributed by atoms with Gasteiger partial charge in [0.2, 0.25) is 0 Å². The van der Waals surface area contributed by atoms with E-state index < -0.39 is 23.7 Å². The second kappa shape index (κ2) is 6.05.